The summed E-state index contributed by atoms with van der Waals surface area (Å²) in [6.45, 7) is 9.08. The normalized spacial score (nSPS) is 13.9. The van der Waals surface area contributed by atoms with Crippen molar-refractivity contribution in [1.29, 1.82) is 0 Å². The lowest BCUT2D eigenvalue weighted by atomic mass is 10.2. The predicted molar refractivity (Wildman–Crippen MR) is 112 cm³/mol. The quantitative estimate of drug-likeness (QED) is 0.746. The van der Waals surface area contributed by atoms with E-state index in [2.05, 4.69) is 33.9 Å². The molecule has 0 radical (unpaired) electrons. The summed E-state index contributed by atoms with van der Waals surface area (Å²) in [7, 11) is 0. The van der Waals surface area contributed by atoms with E-state index < -0.39 is 0 Å². The number of anilines is 3. The van der Waals surface area contributed by atoms with Gasteiger partial charge in [-0.05, 0) is 50.2 Å². The monoisotopic (exact) mass is 381 g/mol. The Bertz CT molecular complexity index is 779. The molecule has 1 N–H and O–H groups in total. The molecule has 1 aromatic carbocycles. The smallest absolute Gasteiger partial charge is 0.274 e. The Kier molecular flexibility index (Phi) is 6.47. The molecule has 1 aliphatic rings. The number of amides is 2. The summed E-state index contributed by atoms with van der Waals surface area (Å²) >= 11 is 0. The number of hydrogen-bond acceptors (Lipinski definition) is 5. The molecular formula is C21H27N5O2. The highest BCUT2D eigenvalue weighted by Crippen LogP contribution is 2.19. The van der Waals surface area contributed by atoms with Gasteiger partial charge in [-0.25, -0.2) is 4.98 Å². The number of pyridine rings is 1. The predicted octanol–water partition coefficient (Wildman–Crippen LogP) is 2.46. The van der Waals surface area contributed by atoms with Crippen LogP contribution < -0.4 is 15.1 Å². The number of nitrogens with one attached hydrogen (secondary N) is 1. The lowest BCUT2D eigenvalue weighted by Gasteiger charge is -2.33. The van der Waals surface area contributed by atoms with Crippen molar-refractivity contribution < 1.29 is 9.59 Å². The van der Waals surface area contributed by atoms with Gasteiger partial charge in [0, 0.05) is 50.6 Å². The molecule has 2 aromatic rings. The van der Waals surface area contributed by atoms with E-state index in [0.29, 0.717) is 18.8 Å². The van der Waals surface area contributed by atoms with Gasteiger partial charge in [-0.15, -0.1) is 0 Å². The largest absolute Gasteiger partial charge is 0.372 e. The highest BCUT2D eigenvalue weighted by Gasteiger charge is 2.16. The number of hydrogen-bond donors (Lipinski definition) is 1. The molecule has 1 fully saturated rings. The molecule has 28 heavy (non-hydrogen) atoms. The number of piperazine rings is 1. The van der Waals surface area contributed by atoms with E-state index in [4.69, 9.17) is 0 Å². The van der Waals surface area contributed by atoms with Crippen molar-refractivity contribution >= 4 is 29.4 Å². The first-order valence-corrected chi connectivity index (χ1v) is 9.71. The lowest BCUT2D eigenvalue weighted by Crippen LogP contribution is -2.45. The molecule has 2 heterocycles. The van der Waals surface area contributed by atoms with Crippen LogP contribution in [0.1, 0.15) is 24.3 Å². The molecule has 7 nitrogen and oxygen atoms in total. The maximum Gasteiger partial charge on any atom is 0.274 e. The molecule has 0 unspecified atom stereocenters. The van der Waals surface area contributed by atoms with Gasteiger partial charge < -0.3 is 20.0 Å². The zero-order valence-corrected chi connectivity index (χ0v) is 16.5. The minimum atomic E-state index is -0.229. The van der Waals surface area contributed by atoms with E-state index in [0.717, 1.165) is 49.7 Å². The van der Waals surface area contributed by atoms with Gasteiger partial charge in [0.1, 0.15) is 5.69 Å². The van der Waals surface area contributed by atoms with Gasteiger partial charge in [-0.3, -0.25) is 9.59 Å². The first kappa shape index (κ1) is 19.7. The molecule has 148 valence electrons. The van der Waals surface area contributed by atoms with Crippen LogP contribution in [0, 0.1) is 0 Å². The first-order chi connectivity index (χ1) is 13.6. The van der Waals surface area contributed by atoms with Gasteiger partial charge in [-0.2, -0.15) is 0 Å². The summed E-state index contributed by atoms with van der Waals surface area (Å²) in [5.74, 6) is -0.229. The van der Waals surface area contributed by atoms with Crippen LogP contribution in [0.15, 0.2) is 42.6 Å². The van der Waals surface area contributed by atoms with Crippen molar-refractivity contribution in [2.75, 3.05) is 54.4 Å². The summed E-state index contributed by atoms with van der Waals surface area (Å²) in [5, 5.41) is 2.89. The molecule has 0 spiro atoms. The summed E-state index contributed by atoms with van der Waals surface area (Å²) in [4.78, 5) is 33.8. The SMILES string of the molecule is CCN(CC)c1ccc(NC(=O)c2ccc(N3CCN(C=O)CC3)cn2)cc1. The van der Waals surface area contributed by atoms with Gasteiger partial charge in [0.15, 0.2) is 0 Å². The molecule has 0 saturated carbocycles. The third-order valence-corrected chi connectivity index (χ3v) is 5.06. The second-order valence-corrected chi connectivity index (χ2v) is 6.70. The molecule has 3 rings (SSSR count). The van der Waals surface area contributed by atoms with E-state index in [1.54, 1.807) is 17.2 Å². The van der Waals surface area contributed by atoms with E-state index in [1.165, 1.54) is 0 Å². The lowest BCUT2D eigenvalue weighted by molar-refractivity contribution is -0.118. The van der Waals surface area contributed by atoms with Crippen molar-refractivity contribution in [3.63, 3.8) is 0 Å². The zero-order valence-electron chi connectivity index (χ0n) is 16.5. The van der Waals surface area contributed by atoms with Crippen LogP contribution in [0.4, 0.5) is 17.1 Å². The number of carbonyl (C=O) groups excluding carboxylic acids is 2. The van der Waals surface area contributed by atoms with Crippen LogP contribution in [0.5, 0.6) is 0 Å². The molecule has 1 aliphatic heterocycles. The molecular weight excluding hydrogens is 354 g/mol. The number of benzene rings is 1. The third kappa shape index (κ3) is 4.60. The van der Waals surface area contributed by atoms with E-state index in [9.17, 15) is 9.59 Å². The molecule has 0 bridgehead atoms. The molecule has 0 aliphatic carbocycles. The second kappa shape index (κ2) is 9.21. The number of rotatable bonds is 7. The van der Waals surface area contributed by atoms with Crippen molar-refractivity contribution in [3.8, 4) is 0 Å². The first-order valence-electron chi connectivity index (χ1n) is 9.71. The molecule has 1 aromatic heterocycles. The molecule has 2 amide bonds. The van der Waals surface area contributed by atoms with Crippen molar-refractivity contribution in [3.05, 3.63) is 48.3 Å². The van der Waals surface area contributed by atoms with Crippen molar-refractivity contribution in [2.24, 2.45) is 0 Å². The van der Waals surface area contributed by atoms with Crippen molar-refractivity contribution in [2.45, 2.75) is 13.8 Å². The average molecular weight is 381 g/mol. The zero-order chi connectivity index (χ0) is 19.9. The topological polar surface area (TPSA) is 68.8 Å². The Morgan fingerprint density at radius 2 is 1.75 bits per heavy atom. The van der Waals surface area contributed by atoms with Gasteiger partial charge in [0.2, 0.25) is 6.41 Å². The molecule has 1 saturated heterocycles. The third-order valence-electron chi connectivity index (χ3n) is 5.06. The van der Waals surface area contributed by atoms with Crippen LogP contribution >= 0.6 is 0 Å². The van der Waals surface area contributed by atoms with E-state index in [1.807, 2.05) is 30.3 Å². The Balaban J connectivity index is 1.59. The fraction of sp³-hybridized carbons (Fsp3) is 0.381. The summed E-state index contributed by atoms with van der Waals surface area (Å²) in [5.41, 5.74) is 3.23. The fourth-order valence-corrected chi connectivity index (χ4v) is 3.33. The molecule has 7 heteroatoms. The Hall–Kier alpha value is -3.09. The molecule has 0 atom stereocenters. The number of aromatic nitrogens is 1. The van der Waals surface area contributed by atoms with Gasteiger partial charge >= 0.3 is 0 Å². The highest BCUT2D eigenvalue weighted by molar-refractivity contribution is 6.03. The Morgan fingerprint density at radius 1 is 1.07 bits per heavy atom. The van der Waals surface area contributed by atoms with Gasteiger partial charge in [0.05, 0.1) is 11.9 Å². The summed E-state index contributed by atoms with van der Waals surface area (Å²) in [6.07, 6.45) is 2.60. The maximum absolute atomic E-state index is 12.5. The second-order valence-electron chi connectivity index (χ2n) is 6.70. The highest BCUT2D eigenvalue weighted by atomic mass is 16.2. The summed E-state index contributed by atoms with van der Waals surface area (Å²) < 4.78 is 0. The van der Waals surface area contributed by atoms with Gasteiger partial charge in [-0.1, -0.05) is 0 Å². The fourth-order valence-electron chi connectivity index (χ4n) is 3.33. The van der Waals surface area contributed by atoms with Crippen LogP contribution in [-0.2, 0) is 4.79 Å². The number of nitrogens with zero attached hydrogens (tertiary/aromatic N) is 4. The van der Waals surface area contributed by atoms with Crippen LogP contribution in [-0.4, -0.2) is 61.5 Å². The minimum Gasteiger partial charge on any atom is -0.372 e. The average Bonchev–Trinajstić information content (AvgIpc) is 2.76. The standard InChI is InChI=1S/C21H27N5O2/c1-3-25(4-2)18-7-5-17(6-8-18)23-21(28)20-10-9-19(15-22-20)26-13-11-24(16-27)12-14-26/h5-10,15-16H,3-4,11-14H2,1-2H3,(H,23,28). The number of carbonyl (C=O) groups is 2. The Labute approximate surface area is 166 Å². The van der Waals surface area contributed by atoms with Crippen LogP contribution in [0.2, 0.25) is 0 Å². The van der Waals surface area contributed by atoms with Gasteiger partial charge in [0.25, 0.3) is 5.91 Å². The van der Waals surface area contributed by atoms with Crippen LogP contribution in [0.3, 0.4) is 0 Å². The Morgan fingerprint density at radius 3 is 2.29 bits per heavy atom. The van der Waals surface area contributed by atoms with Crippen LogP contribution in [0.25, 0.3) is 0 Å². The van der Waals surface area contributed by atoms with Crippen molar-refractivity contribution in [1.82, 2.24) is 9.88 Å². The van der Waals surface area contributed by atoms with E-state index in [-0.39, 0.29) is 5.91 Å². The van der Waals surface area contributed by atoms with E-state index >= 15 is 0 Å². The minimum absolute atomic E-state index is 0.229. The maximum atomic E-state index is 12.5. The summed E-state index contributed by atoms with van der Waals surface area (Å²) in [6, 6.07) is 11.5.